The molecule has 3 rings (SSSR count). The van der Waals surface area contributed by atoms with E-state index in [2.05, 4.69) is 15.4 Å². The maximum Gasteiger partial charge on any atom is 0.435 e. The van der Waals surface area contributed by atoms with E-state index < -0.39 is 11.9 Å². The van der Waals surface area contributed by atoms with Crippen molar-refractivity contribution in [3.63, 3.8) is 0 Å². The van der Waals surface area contributed by atoms with Crippen molar-refractivity contribution in [3.05, 3.63) is 29.8 Å². The van der Waals surface area contributed by atoms with Crippen molar-refractivity contribution in [2.24, 2.45) is 7.05 Å². The molecule has 0 spiro atoms. The fraction of sp³-hybridized carbons (Fsp3) is 0.600. The van der Waals surface area contributed by atoms with E-state index in [1.807, 2.05) is 0 Å². The second-order valence-electron chi connectivity index (χ2n) is 6.17. The van der Waals surface area contributed by atoms with Crippen LogP contribution in [-0.4, -0.2) is 48.7 Å². The van der Waals surface area contributed by atoms with E-state index in [-0.39, 0.29) is 11.9 Å². The van der Waals surface area contributed by atoms with Gasteiger partial charge in [0.2, 0.25) is 5.91 Å². The first-order chi connectivity index (χ1) is 11.8. The third-order valence-electron chi connectivity index (χ3n) is 4.34. The molecule has 0 N–H and O–H groups in total. The summed E-state index contributed by atoms with van der Waals surface area (Å²) in [5.74, 6) is 0.0283. The van der Waals surface area contributed by atoms with Crippen LogP contribution in [0.5, 0.6) is 0 Å². The highest BCUT2D eigenvalue weighted by Gasteiger charge is 2.34. The van der Waals surface area contributed by atoms with E-state index in [1.54, 1.807) is 22.8 Å². The zero-order valence-corrected chi connectivity index (χ0v) is 13.8. The largest absolute Gasteiger partial charge is 0.435 e. The molecule has 2 aromatic rings. The zero-order chi connectivity index (χ0) is 18.0. The lowest BCUT2D eigenvalue weighted by molar-refractivity contribution is -0.141. The lowest BCUT2D eigenvalue weighted by Gasteiger charge is -2.32. The molecule has 1 fully saturated rings. The van der Waals surface area contributed by atoms with Gasteiger partial charge in [0.25, 0.3) is 0 Å². The van der Waals surface area contributed by atoms with Gasteiger partial charge in [-0.2, -0.15) is 18.3 Å². The molecule has 1 amide bonds. The van der Waals surface area contributed by atoms with Gasteiger partial charge in [-0.15, -0.1) is 5.10 Å². The zero-order valence-electron chi connectivity index (χ0n) is 13.8. The second-order valence-corrected chi connectivity index (χ2v) is 6.17. The van der Waals surface area contributed by atoms with E-state index in [4.69, 9.17) is 0 Å². The summed E-state index contributed by atoms with van der Waals surface area (Å²) in [6, 6.07) is 0.874. The standard InChI is InChI=1S/C15H19F3N6O/c1-22-10-11(19-21-22)2-3-14(25)23-7-4-12(5-8-23)24-9-6-13(20-24)15(16,17)18/h6,9-10,12H,2-5,7-8H2,1H3. The van der Waals surface area contributed by atoms with E-state index in [0.717, 1.165) is 11.8 Å². The van der Waals surface area contributed by atoms with Crippen molar-refractivity contribution < 1.29 is 18.0 Å². The van der Waals surface area contributed by atoms with Crippen LogP contribution in [-0.2, 0) is 24.4 Å². The number of rotatable bonds is 4. The first-order valence-corrected chi connectivity index (χ1v) is 8.08. The van der Waals surface area contributed by atoms with Crippen molar-refractivity contribution >= 4 is 5.91 Å². The lowest BCUT2D eigenvalue weighted by atomic mass is 10.0. The number of likely N-dealkylation sites (tertiary alicyclic amines) is 1. The van der Waals surface area contributed by atoms with Crippen molar-refractivity contribution in [1.29, 1.82) is 0 Å². The molecular weight excluding hydrogens is 337 g/mol. The van der Waals surface area contributed by atoms with Crippen LogP contribution in [0.25, 0.3) is 0 Å². The highest BCUT2D eigenvalue weighted by atomic mass is 19.4. The molecular formula is C15H19F3N6O. The highest BCUT2D eigenvalue weighted by Crippen LogP contribution is 2.29. The summed E-state index contributed by atoms with van der Waals surface area (Å²) in [5.41, 5.74) is -0.114. The molecule has 0 aliphatic carbocycles. The molecule has 1 aliphatic heterocycles. The fourth-order valence-corrected chi connectivity index (χ4v) is 2.98. The number of hydrogen-bond donors (Lipinski definition) is 0. The third kappa shape index (κ3) is 4.18. The molecule has 1 aliphatic rings. The Balaban J connectivity index is 1.49. The summed E-state index contributed by atoms with van der Waals surface area (Å²) in [6.45, 7) is 1.04. The van der Waals surface area contributed by atoms with Gasteiger partial charge in [-0.1, -0.05) is 5.21 Å². The average Bonchev–Trinajstić information content (AvgIpc) is 3.21. The van der Waals surface area contributed by atoms with Gasteiger partial charge >= 0.3 is 6.18 Å². The molecule has 0 aromatic carbocycles. The molecule has 3 heterocycles. The Morgan fingerprint density at radius 3 is 2.60 bits per heavy atom. The van der Waals surface area contributed by atoms with Gasteiger partial charge in [-0.3, -0.25) is 14.2 Å². The predicted octanol–water partition coefficient (Wildman–Crippen LogP) is 1.83. The van der Waals surface area contributed by atoms with Crippen molar-refractivity contribution in [2.75, 3.05) is 13.1 Å². The lowest BCUT2D eigenvalue weighted by Crippen LogP contribution is -2.39. The molecule has 2 aromatic heterocycles. The van der Waals surface area contributed by atoms with Crippen LogP contribution >= 0.6 is 0 Å². The summed E-state index contributed by atoms with van der Waals surface area (Å²) in [7, 11) is 1.77. The Morgan fingerprint density at radius 1 is 1.32 bits per heavy atom. The van der Waals surface area contributed by atoms with Gasteiger partial charge in [0.1, 0.15) is 0 Å². The minimum Gasteiger partial charge on any atom is -0.343 e. The highest BCUT2D eigenvalue weighted by molar-refractivity contribution is 5.76. The van der Waals surface area contributed by atoms with Gasteiger partial charge in [0.05, 0.1) is 11.7 Å². The van der Waals surface area contributed by atoms with E-state index in [9.17, 15) is 18.0 Å². The predicted molar refractivity (Wildman–Crippen MR) is 81.4 cm³/mol. The number of aromatic nitrogens is 5. The molecule has 25 heavy (non-hydrogen) atoms. The van der Waals surface area contributed by atoms with Gasteiger partial charge in [0, 0.05) is 45.4 Å². The molecule has 10 heteroatoms. The summed E-state index contributed by atoms with van der Waals surface area (Å²) < 4.78 is 40.8. The minimum atomic E-state index is -4.43. The van der Waals surface area contributed by atoms with Gasteiger partial charge < -0.3 is 4.90 Å². The molecule has 0 bridgehead atoms. The molecule has 136 valence electrons. The number of aryl methyl sites for hydroxylation is 2. The van der Waals surface area contributed by atoms with Crippen LogP contribution < -0.4 is 0 Å². The first kappa shape index (κ1) is 17.4. The Hall–Kier alpha value is -2.39. The number of halogens is 3. The summed E-state index contributed by atoms with van der Waals surface area (Å²) in [4.78, 5) is 14.0. The molecule has 0 radical (unpaired) electrons. The molecule has 0 saturated carbocycles. The Kier molecular flexibility index (Phi) is 4.78. The Morgan fingerprint density at radius 2 is 2.04 bits per heavy atom. The van der Waals surface area contributed by atoms with Crippen LogP contribution in [0, 0.1) is 0 Å². The smallest absolute Gasteiger partial charge is 0.343 e. The van der Waals surface area contributed by atoms with Crippen LogP contribution in [0.2, 0.25) is 0 Å². The van der Waals surface area contributed by atoms with Crippen LogP contribution in [0.3, 0.4) is 0 Å². The number of carbonyl (C=O) groups is 1. The Bertz CT molecular complexity index is 730. The third-order valence-corrected chi connectivity index (χ3v) is 4.34. The summed E-state index contributed by atoms with van der Waals surface area (Å²) in [5, 5.41) is 11.4. The molecule has 0 atom stereocenters. The first-order valence-electron chi connectivity index (χ1n) is 8.08. The number of amides is 1. The van der Waals surface area contributed by atoms with E-state index in [0.29, 0.717) is 38.8 Å². The SMILES string of the molecule is Cn1cc(CCC(=O)N2CCC(n3ccc(C(F)(F)F)n3)CC2)nn1. The van der Waals surface area contributed by atoms with Gasteiger partial charge in [-0.05, 0) is 18.9 Å². The summed E-state index contributed by atoms with van der Waals surface area (Å²) in [6.07, 6.45) is 0.770. The van der Waals surface area contributed by atoms with Crippen LogP contribution in [0.15, 0.2) is 18.5 Å². The van der Waals surface area contributed by atoms with E-state index >= 15 is 0 Å². The monoisotopic (exact) mass is 356 g/mol. The number of carbonyl (C=O) groups excluding carboxylic acids is 1. The van der Waals surface area contributed by atoms with Gasteiger partial charge in [-0.25, -0.2) is 0 Å². The number of alkyl halides is 3. The maximum atomic E-state index is 12.6. The fourth-order valence-electron chi connectivity index (χ4n) is 2.98. The van der Waals surface area contributed by atoms with Gasteiger partial charge in [0.15, 0.2) is 5.69 Å². The van der Waals surface area contributed by atoms with E-state index in [1.165, 1.54) is 10.9 Å². The van der Waals surface area contributed by atoms with Crippen molar-refractivity contribution in [2.45, 2.75) is 37.9 Å². The number of piperidine rings is 1. The average molecular weight is 356 g/mol. The topological polar surface area (TPSA) is 68.8 Å². The van der Waals surface area contributed by atoms with Crippen molar-refractivity contribution in [3.8, 4) is 0 Å². The Labute approximate surface area is 142 Å². The molecule has 7 nitrogen and oxygen atoms in total. The molecule has 1 saturated heterocycles. The minimum absolute atomic E-state index is 0.0283. The number of hydrogen-bond acceptors (Lipinski definition) is 4. The summed E-state index contributed by atoms with van der Waals surface area (Å²) >= 11 is 0. The molecule has 0 unspecified atom stereocenters. The maximum absolute atomic E-state index is 12.6. The van der Waals surface area contributed by atoms with Crippen LogP contribution in [0.4, 0.5) is 13.2 Å². The normalized spacial score (nSPS) is 16.4. The van der Waals surface area contributed by atoms with Crippen LogP contribution in [0.1, 0.15) is 36.7 Å². The number of nitrogens with zero attached hydrogens (tertiary/aromatic N) is 6. The quantitative estimate of drug-likeness (QED) is 0.838. The second kappa shape index (κ2) is 6.85. The van der Waals surface area contributed by atoms with Crippen molar-refractivity contribution in [1.82, 2.24) is 29.7 Å².